The second kappa shape index (κ2) is 7.41. The zero-order chi connectivity index (χ0) is 12.1. The Morgan fingerprint density at radius 3 is 2.78 bits per heavy atom. The minimum atomic E-state index is 0. The molecule has 0 saturated carbocycles. The average Bonchev–Trinajstić information content (AvgIpc) is 2.76. The number of thioether (sulfide) groups is 1. The van der Waals surface area contributed by atoms with Crippen LogP contribution in [0.3, 0.4) is 0 Å². The van der Waals surface area contributed by atoms with Crippen molar-refractivity contribution in [3.05, 3.63) is 41.3 Å². The second-order valence-corrected chi connectivity index (χ2v) is 4.71. The van der Waals surface area contributed by atoms with Gasteiger partial charge in [0.05, 0.1) is 13.0 Å². The lowest BCUT2D eigenvalue weighted by molar-refractivity contribution is -0.367. The molecule has 0 bridgehead atoms. The summed E-state index contributed by atoms with van der Waals surface area (Å²) in [5.74, 6) is 1.53. The van der Waals surface area contributed by atoms with Gasteiger partial charge in [-0.1, -0.05) is 36.0 Å². The van der Waals surface area contributed by atoms with Gasteiger partial charge in [0.25, 0.3) is 5.22 Å². The Balaban J connectivity index is 0.00000162. The molecule has 0 unspecified atom stereocenters. The minimum Gasteiger partial charge on any atom is -1.00 e. The topological polar surface area (TPSA) is 66.6 Å². The Morgan fingerprint density at radius 1 is 1.28 bits per heavy atom. The molecule has 6 heteroatoms. The van der Waals surface area contributed by atoms with Crippen LogP contribution in [0.15, 0.2) is 33.9 Å². The van der Waals surface area contributed by atoms with Crippen LogP contribution in [0.5, 0.6) is 0 Å². The van der Waals surface area contributed by atoms with Gasteiger partial charge in [-0.2, -0.15) is 0 Å². The summed E-state index contributed by atoms with van der Waals surface area (Å²) in [6, 6.07) is 8.32. The van der Waals surface area contributed by atoms with E-state index in [-0.39, 0.29) is 12.4 Å². The third kappa shape index (κ3) is 4.01. The van der Waals surface area contributed by atoms with E-state index in [2.05, 4.69) is 35.0 Å². The van der Waals surface area contributed by atoms with Crippen molar-refractivity contribution in [2.45, 2.75) is 24.3 Å². The molecule has 1 aromatic carbocycles. The Bertz CT molecular complexity index is 490. The minimum absolute atomic E-state index is 0. The Morgan fingerprint density at radius 2 is 2.06 bits per heavy atom. The van der Waals surface area contributed by atoms with Crippen molar-refractivity contribution < 1.29 is 22.6 Å². The first-order valence-corrected chi connectivity index (χ1v) is 6.57. The maximum atomic E-state index is 5.49. The van der Waals surface area contributed by atoms with E-state index >= 15 is 0 Å². The van der Waals surface area contributed by atoms with E-state index < -0.39 is 0 Å². The van der Waals surface area contributed by atoms with E-state index in [4.69, 9.17) is 4.42 Å². The molecule has 0 aliphatic heterocycles. The standard InChI is InChI=1S/C12H15N3OS.ClH/c1-9-4-2-3-5-10(9)8-17-12-15-14-11(16-12)6-7-13;/h2-5H,6-8,13H2,1H3;1H. The van der Waals surface area contributed by atoms with E-state index in [0.717, 1.165) is 18.7 Å². The second-order valence-electron chi connectivity index (χ2n) is 3.78. The highest BCUT2D eigenvalue weighted by molar-refractivity contribution is 7.98. The zero-order valence-electron chi connectivity index (χ0n) is 10.2. The molecule has 0 aliphatic carbocycles. The third-order valence-electron chi connectivity index (χ3n) is 2.45. The van der Waals surface area contributed by atoms with Crippen LogP contribution in [-0.4, -0.2) is 16.7 Å². The van der Waals surface area contributed by atoms with Crippen molar-refractivity contribution in [2.75, 3.05) is 6.54 Å². The molecule has 0 fully saturated rings. The number of quaternary nitrogens is 1. The normalized spacial score (nSPS) is 10.1. The molecule has 0 atom stereocenters. The lowest BCUT2D eigenvalue weighted by atomic mass is 10.1. The quantitative estimate of drug-likeness (QED) is 0.676. The monoisotopic (exact) mass is 285 g/mol. The van der Waals surface area contributed by atoms with Gasteiger partial charge >= 0.3 is 0 Å². The van der Waals surface area contributed by atoms with Crippen LogP contribution >= 0.6 is 11.8 Å². The fourth-order valence-electron chi connectivity index (χ4n) is 1.46. The van der Waals surface area contributed by atoms with Crippen LogP contribution in [0.4, 0.5) is 0 Å². The summed E-state index contributed by atoms with van der Waals surface area (Å²) in [6.45, 7) is 2.89. The highest BCUT2D eigenvalue weighted by atomic mass is 35.5. The van der Waals surface area contributed by atoms with Crippen molar-refractivity contribution in [1.82, 2.24) is 10.2 Å². The van der Waals surface area contributed by atoms with Gasteiger partial charge in [-0.15, -0.1) is 10.2 Å². The highest BCUT2D eigenvalue weighted by Crippen LogP contribution is 2.22. The number of nitrogens with zero attached hydrogens (tertiary/aromatic N) is 2. The van der Waals surface area contributed by atoms with Crippen LogP contribution in [0.2, 0.25) is 0 Å². The number of aryl methyl sites for hydroxylation is 1. The first-order valence-electron chi connectivity index (χ1n) is 5.58. The Labute approximate surface area is 117 Å². The maximum absolute atomic E-state index is 5.49. The summed E-state index contributed by atoms with van der Waals surface area (Å²) in [4.78, 5) is 0. The first kappa shape index (κ1) is 15.0. The lowest BCUT2D eigenvalue weighted by Crippen LogP contribution is -3.00. The van der Waals surface area contributed by atoms with Gasteiger partial charge in [-0.05, 0) is 18.1 Å². The summed E-state index contributed by atoms with van der Waals surface area (Å²) in [7, 11) is 0. The van der Waals surface area contributed by atoms with Crippen LogP contribution < -0.4 is 18.1 Å². The molecule has 1 aromatic heterocycles. The molecule has 4 nitrogen and oxygen atoms in total. The third-order valence-corrected chi connectivity index (χ3v) is 3.32. The first-order chi connectivity index (χ1) is 8.29. The Kier molecular flexibility index (Phi) is 6.18. The van der Waals surface area contributed by atoms with E-state index in [1.54, 1.807) is 11.8 Å². The largest absolute Gasteiger partial charge is 1.00 e. The molecule has 0 aliphatic rings. The summed E-state index contributed by atoms with van der Waals surface area (Å²) in [5.41, 5.74) is 6.35. The summed E-state index contributed by atoms with van der Waals surface area (Å²) >= 11 is 1.57. The predicted octanol–water partition coefficient (Wildman–Crippen LogP) is -1.54. The molecule has 98 valence electrons. The SMILES string of the molecule is Cc1ccccc1CSc1nnc(CC[NH3+])o1.[Cl-]. The fourth-order valence-corrected chi connectivity index (χ4v) is 2.32. The number of aromatic nitrogens is 2. The van der Waals surface area contributed by atoms with Crippen LogP contribution in [0, 0.1) is 6.92 Å². The molecular formula is C12H16ClN3OS. The lowest BCUT2D eigenvalue weighted by Gasteiger charge is -2.01. The summed E-state index contributed by atoms with van der Waals surface area (Å²) < 4.78 is 5.49. The molecule has 0 radical (unpaired) electrons. The summed E-state index contributed by atoms with van der Waals surface area (Å²) in [6.07, 6.45) is 0.748. The van der Waals surface area contributed by atoms with Gasteiger partial charge in [-0.3, -0.25) is 0 Å². The molecule has 0 spiro atoms. The van der Waals surface area contributed by atoms with Crippen LogP contribution in [0.25, 0.3) is 0 Å². The molecule has 2 rings (SSSR count). The van der Waals surface area contributed by atoms with Crippen LogP contribution in [0.1, 0.15) is 17.0 Å². The zero-order valence-corrected chi connectivity index (χ0v) is 11.8. The van der Waals surface area contributed by atoms with Crippen molar-refractivity contribution >= 4 is 11.8 Å². The smallest absolute Gasteiger partial charge is 0.276 e. The van der Waals surface area contributed by atoms with Crippen molar-refractivity contribution in [2.24, 2.45) is 0 Å². The molecule has 2 aromatic rings. The summed E-state index contributed by atoms with van der Waals surface area (Å²) in [5, 5.41) is 8.60. The van der Waals surface area contributed by atoms with Gasteiger partial charge in [0.15, 0.2) is 0 Å². The number of halogens is 1. The molecule has 0 saturated heterocycles. The van der Waals surface area contributed by atoms with Crippen molar-refractivity contribution in [1.29, 1.82) is 0 Å². The Hall–Kier alpha value is -1.04. The molecule has 1 heterocycles. The van der Waals surface area contributed by atoms with Gasteiger partial charge in [0.1, 0.15) is 0 Å². The molecule has 3 N–H and O–H groups in total. The van der Waals surface area contributed by atoms with E-state index in [9.17, 15) is 0 Å². The van der Waals surface area contributed by atoms with Gasteiger partial charge < -0.3 is 22.6 Å². The van der Waals surface area contributed by atoms with Crippen LogP contribution in [-0.2, 0) is 12.2 Å². The van der Waals surface area contributed by atoms with E-state index in [0.29, 0.717) is 11.1 Å². The maximum Gasteiger partial charge on any atom is 0.276 e. The number of hydrogen-bond donors (Lipinski definition) is 1. The number of rotatable bonds is 5. The fraction of sp³-hybridized carbons (Fsp3) is 0.333. The number of hydrogen-bond acceptors (Lipinski definition) is 4. The van der Waals surface area contributed by atoms with Crippen molar-refractivity contribution in [3.63, 3.8) is 0 Å². The highest BCUT2D eigenvalue weighted by Gasteiger charge is 2.07. The molecular weight excluding hydrogens is 270 g/mol. The average molecular weight is 286 g/mol. The van der Waals surface area contributed by atoms with Gasteiger partial charge in [0.2, 0.25) is 5.89 Å². The molecule has 0 amide bonds. The van der Waals surface area contributed by atoms with E-state index in [1.165, 1.54) is 11.1 Å². The van der Waals surface area contributed by atoms with Gasteiger partial charge in [-0.25, -0.2) is 0 Å². The van der Waals surface area contributed by atoms with Gasteiger partial charge in [0, 0.05) is 5.75 Å². The predicted molar refractivity (Wildman–Crippen MR) is 66.5 cm³/mol. The number of benzene rings is 1. The molecule has 18 heavy (non-hydrogen) atoms. The van der Waals surface area contributed by atoms with E-state index in [1.807, 2.05) is 12.1 Å². The van der Waals surface area contributed by atoms with Crippen molar-refractivity contribution in [3.8, 4) is 0 Å².